The summed E-state index contributed by atoms with van der Waals surface area (Å²) in [4.78, 5) is 27.7. The molecule has 0 atom stereocenters. The van der Waals surface area contributed by atoms with Crippen molar-refractivity contribution < 1.29 is 14.3 Å². The fourth-order valence-corrected chi connectivity index (χ4v) is 3.06. The molecule has 1 aliphatic carbocycles. The number of aryl methyl sites for hydroxylation is 1. The largest absolute Gasteiger partial charge is 0.461 e. The zero-order chi connectivity index (χ0) is 15.7. The number of Topliss-reactive ketones (excluding diaryl/α,β-unsaturated/α-hetero) is 1. The lowest BCUT2D eigenvalue weighted by Gasteiger charge is -2.14. The van der Waals surface area contributed by atoms with Gasteiger partial charge in [0.25, 0.3) is 0 Å². The molecule has 0 aliphatic heterocycles. The Morgan fingerprint density at radius 2 is 2.32 bits per heavy atom. The van der Waals surface area contributed by atoms with Gasteiger partial charge in [-0.05, 0) is 49.9 Å². The molecule has 0 saturated carbocycles. The SMILES string of the molecule is CCOC(=O)c1[nH]c2c(c1C)C(=O)C(=Cc1csnn1)CC2. The number of nitrogens with zero attached hydrogens (tertiary/aromatic N) is 2. The Bertz CT molecular complexity index is 759. The summed E-state index contributed by atoms with van der Waals surface area (Å²) in [7, 11) is 0. The van der Waals surface area contributed by atoms with Crippen molar-refractivity contribution in [2.24, 2.45) is 0 Å². The van der Waals surface area contributed by atoms with Crippen molar-refractivity contribution in [3.63, 3.8) is 0 Å². The Balaban J connectivity index is 1.98. The molecule has 2 heterocycles. The summed E-state index contributed by atoms with van der Waals surface area (Å²) in [6, 6.07) is 0. The fourth-order valence-electron chi connectivity index (χ4n) is 2.65. The predicted octanol–water partition coefficient (Wildman–Crippen LogP) is 2.56. The lowest BCUT2D eigenvalue weighted by atomic mass is 9.89. The minimum atomic E-state index is -0.420. The summed E-state index contributed by atoms with van der Waals surface area (Å²) >= 11 is 1.25. The van der Waals surface area contributed by atoms with Crippen LogP contribution < -0.4 is 0 Å². The average Bonchev–Trinajstić information content (AvgIpc) is 3.10. The van der Waals surface area contributed by atoms with Crippen molar-refractivity contribution >= 4 is 29.4 Å². The van der Waals surface area contributed by atoms with Gasteiger partial charge < -0.3 is 9.72 Å². The lowest BCUT2D eigenvalue weighted by molar-refractivity contribution is 0.0519. The highest BCUT2D eigenvalue weighted by molar-refractivity contribution is 7.03. The van der Waals surface area contributed by atoms with E-state index in [1.54, 1.807) is 25.3 Å². The van der Waals surface area contributed by atoms with Gasteiger partial charge in [0, 0.05) is 22.2 Å². The number of aromatic amines is 1. The number of nitrogens with one attached hydrogen (secondary N) is 1. The lowest BCUT2D eigenvalue weighted by Crippen LogP contribution is -2.14. The van der Waals surface area contributed by atoms with E-state index in [-0.39, 0.29) is 5.78 Å². The summed E-state index contributed by atoms with van der Waals surface area (Å²) in [5.74, 6) is -0.477. The van der Waals surface area contributed by atoms with Crippen LogP contribution in [0, 0.1) is 6.92 Å². The van der Waals surface area contributed by atoms with Crippen LogP contribution in [0.15, 0.2) is 11.0 Å². The summed E-state index contributed by atoms with van der Waals surface area (Å²) in [5.41, 5.74) is 3.80. The van der Waals surface area contributed by atoms with Crippen LogP contribution in [0.4, 0.5) is 0 Å². The first kappa shape index (κ1) is 14.6. The van der Waals surface area contributed by atoms with Gasteiger partial charge in [-0.15, -0.1) is 5.10 Å². The molecule has 6 nitrogen and oxygen atoms in total. The van der Waals surface area contributed by atoms with Crippen LogP contribution in [0.5, 0.6) is 0 Å². The van der Waals surface area contributed by atoms with E-state index in [2.05, 4.69) is 14.6 Å². The molecule has 7 heteroatoms. The number of fused-ring (bicyclic) bond motifs is 1. The van der Waals surface area contributed by atoms with Crippen molar-refractivity contribution in [3.8, 4) is 0 Å². The molecule has 2 aromatic heterocycles. The molecule has 22 heavy (non-hydrogen) atoms. The maximum Gasteiger partial charge on any atom is 0.355 e. The van der Waals surface area contributed by atoms with Crippen LogP contribution in [-0.4, -0.2) is 32.9 Å². The Kier molecular flexibility index (Phi) is 3.89. The van der Waals surface area contributed by atoms with Gasteiger partial charge in [0.1, 0.15) is 5.69 Å². The third-order valence-electron chi connectivity index (χ3n) is 3.67. The van der Waals surface area contributed by atoms with Crippen LogP contribution in [0.25, 0.3) is 6.08 Å². The molecule has 2 aromatic rings. The average molecular weight is 317 g/mol. The van der Waals surface area contributed by atoms with Gasteiger partial charge in [-0.2, -0.15) is 0 Å². The summed E-state index contributed by atoms with van der Waals surface area (Å²) in [6.07, 6.45) is 3.07. The number of rotatable bonds is 3. The number of H-pyrrole nitrogens is 1. The van der Waals surface area contributed by atoms with Crippen molar-refractivity contribution in [2.75, 3.05) is 6.61 Å². The third-order valence-corrected chi connectivity index (χ3v) is 4.19. The van der Waals surface area contributed by atoms with Gasteiger partial charge in [-0.1, -0.05) is 4.49 Å². The van der Waals surface area contributed by atoms with Gasteiger partial charge in [-0.3, -0.25) is 4.79 Å². The van der Waals surface area contributed by atoms with E-state index in [0.717, 1.165) is 5.69 Å². The Morgan fingerprint density at radius 1 is 1.50 bits per heavy atom. The summed E-state index contributed by atoms with van der Waals surface area (Å²) in [6.45, 7) is 3.83. The second-order valence-corrected chi connectivity index (χ2v) is 5.64. The molecule has 0 spiro atoms. The van der Waals surface area contributed by atoms with E-state index < -0.39 is 5.97 Å². The number of esters is 1. The highest BCUT2D eigenvalue weighted by Crippen LogP contribution is 2.30. The maximum atomic E-state index is 12.7. The minimum Gasteiger partial charge on any atom is -0.461 e. The number of aromatic nitrogens is 3. The van der Waals surface area contributed by atoms with Crippen LogP contribution in [0.2, 0.25) is 0 Å². The Hall–Kier alpha value is -2.28. The highest BCUT2D eigenvalue weighted by atomic mass is 32.1. The molecule has 0 saturated heterocycles. The van der Waals surface area contributed by atoms with Gasteiger partial charge in [0.05, 0.1) is 12.3 Å². The number of allylic oxidation sites excluding steroid dienone is 1. The van der Waals surface area contributed by atoms with Gasteiger partial charge in [-0.25, -0.2) is 4.79 Å². The van der Waals surface area contributed by atoms with Crippen LogP contribution in [-0.2, 0) is 11.2 Å². The van der Waals surface area contributed by atoms with E-state index >= 15 is 0 Å². The molecule has 0 amide bonds. The van der Waals surface area contributed by atoms with E-state index in [0.29, 0.717) is 47.5 Å². The number of carbonyl (C=O) groups excluding carboxylic acids is 2. The molecular formula is C15H15N3O3S. The molecule has 3 rings (SSSR count). The smallest absolute Gasteiger partial charge is 0.355 e. The van der Waals surface area contributed by atoms with E-state index in [9.17, 15) is 9.59 Å². The Morgan fingerprint density at radius 3 is 3.00 bits per heavy atom. The van der Waals surface area contributed by atoms with E-state index in [4.69, 9.17) is 4.74 Å². The maximum absolute atomic E-state index is 12.7. The number of ether oxygens (including phenoxy) is 1. The monoisotopic (exact) mass is 317 g/mol. The van der Waals surface area contributed by atoms with Crippen molar-refractivity contribution in [1.82, 2.24) is 14.6 Å². The topological polar surface area (TPSA) is 84.9 Å². The van der Waals surface area contributed by atoms with Crippen molar-refractivity contribution in [3.05, 3.63) is 39.2 Å². The number of hydrogen-bond donors (Lipinski definition) is 1. The quantitative estimate of drug-likeness (QED) is 0.694. The second-order valence-electron chi connectivity index (χ2n) is 5.03. The molecular weight excluding hydrogens is 302 g/mol. The normalized spacial score (nSPS) is 15.9. The molecule has 0 bridgehead atoms. The van der Waals surface area contributed by atoms with E-state index in [1.165, 1.54) is 11.5 Å². The van der Waals surface area contributed by atoms with Gasteiger partial charge >= 0.3 is 5.97 Å². The number of hydrogen-bond acceptors (Lipinski definition) is 6. The molecule has 1 N–H and O–H groups in total. The highest BCUT2D eigenvalue weighted by Gasteiger charge is 2.29. The summed E-state index contributed by atoms with van der Waals surface area (Å²) in [5, 5.41) is 5.73. The van der Waals surface area contributed by atoms with Crippen molar-refractivity contribution in [1.29, 1.82) is 0 Å². The first-order valence-electron chi connectivity index (χ1n) is 7.02. The first-order valence-corrected chi connectivity index (χ1v) is 7.86. The van der Waals surface area contributed by atoms with Crippen LogP contribution in [0.1, 0.15) is 51.1 Å². The Labute approximate surface area is 131 Å². The van der Waals surface area contributed by atoms with E-state index in [1.807, 2.05) is 0 Å². The number of carbonyl (C=O) groups is 2. The first-order chi connectivity index (χ1) is 10.6. The summed E-state index contributed by atoms with van der Waals surface area (Å²) < 4.78 is 8.81. The second kappa shape index (κ2) is 5.84. The van der Waals surface area contributed by atoms with Crippen LogP contribution >= 0.6 is 11.5 Å². The van der Waals surface area contributed by atoms with Crippen molar-refractivity contribution in [2.45, 2.75) is 26.7 Å². The number of ketones is 1. The minimum absolute atomic E-state index is 0.0569. The molecule has 0 aromatic carbocycles. The molecule has 1 aliphatic rings. The zero-order valence-electron chi connectivity index (χ0n) is 12.3. The fraction of sp³-hybridized carbons (Fsp3) is 0.333. The van der Waals surface area contributed by atoms with Gasteiger partial charge in [0.2, 0.25) is 0 Å². The third kappa shape index (κ3) is 2.48. The van der Waals surface area contributed by atoms with Crippen LogP contribution in [0.3, 0.4) is 0 Å². The molecule has 0 fully saturated rings. The molecule has 0 radical (unpaired) electrons. The predicted molar refractivity (Wildman–Crippen MR) is 82.0 cm³/mol. The van der Waals surface area contributed by atoms with Gasteiger partial charge in [0.15, 0.2) is 5.78 Å². The molecule has 0 unspecified atom stereocenters. The standard InChI is InChI=1S/C15H15N3O3S/c1-3-21-15(20)13-8(2)12-11(16-13)5-4-9(14(12)19)6-10-7-22-18-17-10/h6-7,16H,3-5H2,1-2H3. The zero-order valence-corrected chi connectivity index (χ0v) is 13.1. The molecule has 114 valence electrons.